The van der Waals surface area contributed by atoms with Crippen LogP contribution in [0.25, 0.3) is 27.4 Å². The van der Waals surface area contributed by atoms with Crippen LogP contribution in [-0.2, 0) is 6.42 Å². The number of ether oxygens (including phenoxy) is 1. The molecule has 0 spiro atoms. The number of hydrogen-bond donors (Lipinski definition) is 4. The molecule has 47 heavy (non-hydrogen) atoms. The van der Waals surface area contributed by atoms with E-state index in [9.17, 15) is 4.79 Å². The topological polar surface area (TPSA) is 122 Å². The van der Waals surface area contributed by atoms with E-state index in [0.29, 0.717) is 29.1 Å². The molecule has 0 radical (unpaired) electrons. The number of benzene rings is 4. The van der Waals surface area contributed by atoms with E-state index in [1.807, 2.05) is 104 Å². The highest BCUT2D eigenvalue weighted by Crippen LogP contribution is 2.34. The van der Waals surface area contributed by atoms with Crippen LogP contribution in [0, 0.1) is 6.92 Å². The number of unbranched alkanes of at least 4 members (excludes halogenated alkanes) is 1. The van der Waals surface area contributed by atoms with Gasteiger partial charge in [0, 0.05) is 46.2 Å². The number of amides is 2. The largest absolute Gasteiger partial charge is 0.438 e. The van der Waals surface area contributed by atoms with Gasteiger partial charge in [-0.1, -0.05) is 61.4 Å². The summed E-state index contributed by atoms with van der Waals surface area (Å²) in [4.78, 5) is 25.6. The summed E-state index contributed by atoms with van der Waals surface area (Å²) in [5, 5.41) is 16.8. The van der Waals surface area contributed by atoms with Crippen LogP contribution in [0.15, 0.2) is 109 Å². The molecule has 3 heterocycles. The maximum absolute atomic E-state index is 13.4. The first-order chi connectivity index (χ1) is 23.0. The van der Waals surface area contributed by atoms with E-state index in [0.717, 1.165) is 63.6 Å². The summed E-state index contributed by atoms with van der Waals surface area (Å²) in [6.45, 7) is 4.19. The van der Waals surface area contributed by atoms with E-state index in [-0.39, 0.29) is 6.03 Å². The Bertz CT molecular complexity index is 2190. The second kappa shape index (κ2) is 13.1. The third-order valence-electron chi connectivity index (χ3n) is 7.88. The van der Waals surface area contributed by atoms with Crippen molar-refractivity contribution < 1.29 is 9.53 Å². The lowest BCUT2D eigenvalue weighted by atomic mass is 10.1. The summed E-state index contributed by atoms with van der Waals surface area (Å²) in [6, 6.07) is 30.7. The Morgan fingerprint density at radius 1 is 0.872 bits per heavy atom. The first-order valence-corrected chi connectivity index (χ1v) is 15.6. The quantitative estimate of drug-likeness (QED) is 0.121. The number of H-pyrrole nitrogens is 1. The zero-order chi connectivity index (χ0) is 32.2. The fraction of sp³-hybridized carbons (Fsp3) is 0.135. The highest BCUT2D eigenvalue weighted by atomic mass is 16.5. The van der Waals surface area contributed by atoms with Crippen molar-refractivity contribution in [2.45, 2.75) is 33.1 Å². The Morgan fingerprint density at radius 2 is 1.72 bits per heavy atom. The van der Waals surface area contributed by atoms with Crippen LogP contribution in [0.1, 0.15) is 31.0 Å². The molecule has 0 saturated carbocycles. The Balaban J connectivity index is 1.11. The Morgan fingerprint density at radius 3 is 2.57 bits per heavy atom. The minimum Gasteiger partial charge on any atom is -0.438 e. The number of nitrogens with one attached hydrogen (secondary N) is 4. The van der Waals surface area contributed by atoms with Crippen LogP contribution >= 0.6 is 0 Å². The van der Waals surface area contributed by atoms with Gasteiger partial charge >= 0.3 is 6.03 Å². The number of nitrogens with zero attached hydrogens (tertiary/aromatic N) is 4. The molecule has 2 amide bonds. The Kier molecular flexibility index (Phi) is 8.21. The van der Waals surface area contributed by atoms with Crippen molar-refractivity contribution in [2.24, 2.45) is 0 Å². The average Bonchev–Trinajstić information content (AvgIpc) is 3.73. The summed E-state index contributed by atoms with van der Waals surface area (Å²) in [5.41, 5.74) is 5.51. The van der Waals surface area contributed by atoms with Gasteiger partial charge in [0.15, 0.2) is 0 Å². The van der Waals surface area contributed by atoms with Crippen molar-refractivity contribution in [3.05, 3.63) is 121 Å². The normalized spacial score (nSPS) is 11.1. The van der Waals surface area contributed by atoms with Gasteiger partial charge in [-0.25, -0.2) is 14.5 Å². The van der Waals surface area contributed by atoms with Gasteiger partial charge in [0.1, 0.15) is 11.6 Å². The lowest BCUT2D eigenvalue weighted by Crippen LogP contribution is -2.21. The van der Waals surface area contributed by atoms with Crippen molar-refractivity contribution in [3.8, 4) is 17.3 Å². The van der Waals surface area contributed by atoms with E-state index in [1.54, 1.807) is 16.9 Å². The molecular weight excluding hydrogens is 588 g/mol. The zero-order valence-corrected chi connectivity index (χ0v) is 26.1. The molecule has 10 nitrogen and oxygen atoms in total. The number of urea groups is 1. The van der Waals surface area contributed by atoms with Crippen LogP contribution in [0.3, 0.4) is 0 Å². The fourth-order valence-electron chi connectivity index (χ4n) is 5.51. The van der Waals surface area contributed by atoms with Gasteiger partial charge < -0.3 is 20.4 Å². The van der Waals surface area contributed by atoms with E-state index >= 15 is 0 Å². The Hall–Kier alpha value is -6.16. The van der Waals surface area contributed by atoms with Crippen LogP contribution in [0.5, 0.6) is 11.6 Å². The molecule has 0 aliphatic carbocycles. The first-order valence-electron chi connectivity index (χ1n) is 15.6. The standard InChI is InChI=1S/C37H34N8O2/c1-3-4-8-25-23-34(45(44-25)26-15-13-24(2)14-16-26)42-37(46)41-32-17-18-33(28-10-6-5-9-27(28)32)47-35-20-22-39-36(43-35)40-31-12-7-11-30-29(31)19-21-38-30/h5-7,9-23,38H,3-4,8H2,1-2H3,(H,39,40,43)(H2,41,42,46). The van der Waals surface area contributed by atoms with Gasteiger partial charge in [-0.3, -0.25) is 5.32 Å². The van der Waals surface area contributed by atoms with Crippen molar-refractivity contribution in [1.29, 1.82) is 0 Å². The predicted octanol–water partition coefficient (Wildman–Crippen LogP) is 9.13. The van der Waals surface area contributed by atoms with Gasteiger partial charge in [-0.05, 0) is 62.2 Å². The molecule has 0 atom stereocenters. The number of aryl methyl sites for hydroxylation is 2. The molecule has 0 saturated heterocycles. The number of carbonyl (C=O) groups is 1. The summed E-state index contributed by atoms with van der Waals surface area (Å²) in [5.74, 6) is 2.00. The zero-order valence-electron chi connectivity index (χ0n) is 26.1. The SMILES string of the molecule is CCCCc1cc(NC(=O)Nc2ccc(Oc3ccnc(Nc4cccc5[nH]ccc45)n3)c3ccccc23)n(-c2ccc(C)cc2)n1. The first kappa shape index (κ1) is 29.5. The molecular formula is C37H34N8O2. The summed E-state index contributed by atoms with van der Waals surface area (Å²) < 4.78 is 8.05. The van der Waals surface area contributed by atoms with Crippen LogP contribution < -0.4 is 20.7 Å². The van der Waals surface area contributed by atoms with Crippen molar-refractivity contribution >= 4 is 50.8 Å². The molecule has 0 unspecified atom stereocenters. The monoisotopic (exact) mass is 622 g/mol. The minimum absolute atomic E-state index is 0.372. The summed E-state index contributed by atoms with van der Waals surface area (Å²) in [6.07, 6.45) is 6.47. The second-order valence-electron chi connectivity index (χ2n) is 11.3. The molecule has 7 aromatic rings. The lowest BCUT2D eigenvalue weighted by molar-refractivity contribution is 0.262. The van der Waals surface area contributed by atoms with Gasteiger partial charge in [0.25, 0.3) is 0 Å². The Labute approximate surface area is 271 Å². The van der Waals surface area contributed by atoms with Gasteiger partial charge in [-0.15, -0.1) is 0 Å². The van der Waals surface area contributed by atoms with Crippen molar-refractivity contribution in [2.75, 3.05) is 16.0 Å². The predicted molar refractivity (Wildman–Crippen MR) is 187 cm³/mol. The molecule has 4 aromatic carbocycles. The maximum atomic E-state index is 13.4. The molecule has 234 valence electrons. The number of rotatable bonds is 10. The molecule has 0 fully saturated rings. The summed E-state index contributed by atoms with van der Waals surface area (Å²) in [7, 11) is 0. The minimum atomic E-state index is -0.372. The molecule has 0 aliphatic rings. The van der Waals surface area contributed by atoms with Crippen LogP contribution in [0.4, 0.5) is 27.9 Å². The number of carbonyl (C=O) groups excluding carboxylic acids is 1. The summed E-state index contributed by atoms with van der Waals surface area (Å²) >= 11 is 0. The number of fused-ring (bicyclic) bond motifs is 2. The van der Waals surface area contributed by atoms with E-state index in [1.165, 1.54) is 0 Å². The van der Waals surface area contributed by atoms with E-state index in [2.05, 4.69) is 37.8 Å². The van der Waals surface area contributed by atoms with E-state index < -0.39 is 0 Å². The van der Waals surface area contributed by atoms with Crippen LogP contribution in [-0.4, -0.2) is 30.8 Å². The molecule has 0 bridgehead atoms. The van der Waals surface area contributed by atoms with Crippen LogP contribution in [0.2, 0.25) is 0 Å². The number of aromatic amines is 1. The fourth-order valence-corrected chi connectivity index (χ4v) is 5.51. The second-order valence-corrected chi connectivity index (χ2v) is 11.3. The molecule has 0 aliphatic heterocycles. The maximum Gasteiger partial charge on any atom is 0.324 e. The van der Waals surface area contributed by atoms with Crippen molar-refractivity contribution in [3.63, 3.8) is 0 Å². The molecule has 10 heteroatoms. The lowest BCUT2D eigenvalue weighted by Gasteiger charge is -2.14. The third kappa shape index (κ3) is 6.48. The molecule has 3 aromatic heterocycles. The molecule has 7 rings (SSSR count). The molecule has 4 N–H and O–H groups in total. The van der Waals surface area contributed by atoms with Gasteiger partial charge in [0.2, 0.25) is 11.8 Å². The smallest absolute Gasteiger partial charge is 0.324 e. The van der Waals surface area contributed by atoms with Gasteiger partial charge in [-0.2, -0.15) is 10.1 Å². The van der Waals surface area contributed by atoms with Gasteiger partial charge in [0.05, 0.1) is 22.8 Å². The van der Waals surface area contributed by atoms with E-state index in [4.69, 9.17) is 9.84 Å². The number of anilines is 4. The number of hydrogen-bond acceptors (Lipinski definition) is 6. The average molecular weight is 623 g/mol. The highest BCUT2D eigenvalue weighted by Gasteiger charge is 2.15. The third-order valence-corrected chi connectivity index (χ3v) is 7.88. The number of aromatic nitrogens is 5. The highest BCUT2D eigenvalue weighted by molar-refractivity contribution is 6.07. The van der Waals surface area contributed by atoms with Crippen molar-refractivity contribution in [1.82, 2.24) is 24.7 Å².